The van der Waals surface area contributed by atoms with Crippen LogP contribution in [0.4, 0.5) is 0 Å². The Hall–Kier alpha value is -1.10. The van der Waals surface area contributed by atoms with E-state index in [4.69, 9.17) is 9.47 Å². The fourth-order valence-electron chi connectivity index (χ4n) is 1.78. The third-order valence-electron chi connectivity index (χ3n) is 2.73. The van der Waals surface area contributed by atoms with Gasteiger partial charge in [-0.05, 0) is 24.6 Å². The Morgan fingerprint density at radius 1 is 1.22 bits per heavy atom. The van der Waals surface area contributed by atoms with Crippen molar-refractivity contribution < 1.29 is 14.6 Å². The van der Waals surface area contributed by atoms with E-state index in [1.54, 1.807) is 14.2 Å². The lowest BCUT2D eigenvalue weighted by Gasteiger charge is -2.24. The van der Waals surface area contributed by atoms with Gasteiger partial charge in [-0.2, -0.15) is 0 Å². The van der Waals surface area contributed by atoms with Gasteiger partial charge in [-0.25, -0.2) is 0 Å². The zero-order valence-corrected chi connectivity index (χ0v) is 11.4. The molecular weight excluding hydrogens is 230 g/mol. The van der Waals surface area contributed by atoms with Crippen LogP contribution in [0, 0.1) is 0 Å². The number of hydrogen-bond acceptors (Lipinski definition) is 4. The minimum atomic E-state index is -0.762. The van der Waals surface area contributed by atoms with Gasteiger partial charge in [0.15, 0.2) is 0 Å². The molecule has 1 aromatic carbocycles. The third-order valence-corrected chi connectivity index (χ3v) is 2.73. The standard InChI is InChI=1S/C14H23NO3/c1-14(16,11-15-8-9-17-2)10-12-4-6-13(18-3)7-5-12/h4-7,15-16H,8-11H2,1-3H3. The molecule has 4 heteroatoms. The lowest BCUT2D eigenvalue weighted by atomic mass is 9.96. The molecule has 0 heterocycles. The number of rotatable bonds is 8. The molecule has 2 N–H and O–H groups in total. The summed E-state index contributed by atoms with van der Waals surface area (Å²) in [5.74, 6) is 0.830. The Balaban J connectivity index is 2.42. The highest BCUT2D eigenvalue weighted by Gasteiger charge is 2.20. The quantitative estimate of drug-likeness (QED) is 0.684. The van der Waals surface area contributed by atoms with Crippen LogP contribution in [0.5, 0.6) is 5.75 Å². The van der Waals surface area contributed by atoms with Crippen LogP contribution in [0.1, 0.15) is 12.5 Å². The van der Waals surface area contributed by atoms with E-state index in [9.17, 15) is 5.11 Å². The zero-order chi connectivity index (χ0) is 13.4. The molecule has 0 aliphatic carbocycles. The van der Waals surface area contributed by atoms with Gasteiger partial charge in [-0.3, -0.25) is 0 Å². The second-order valence-corrected chi connectivity index (χ2v) is 4.69. The predicted molar refractivity (Wildman–Crippen MR) is 72.1 cm³/mol. The molecule has 1 atom stereocenters. The average Bonchev–Trinajstić information content (AvgIpc) is 2.35. The summed E-state index contributed by atoms with van der Waals surface area (Å²) < 4.78 is 10.0. The second-order valence-electron chi connectivity index (χ2n) is 4.69. The van der Waals surface area contributed by atoms with Crippen molar-refractivity contribution in [3.05, 3.63) is 29.8 Å². The van der Waals surface area contributed by atoms with Gasteiger partial charge in [0.1, 0.15) is 5.75 Å². The SMILES string of the molecule is COCCNCC(C)(O)Cc1ccc(OC)cc1. The minimum absolute atomic E-state index is 0.544. The number of ether oxygens (including phenoxy) is 2. The highest BCUT2D eigenvalue weighted by molar-refractivity contribution is 5.28. The van der Waals surface area contributed by atoms with E-state index in [2.05, 4.69) is 5.32 Å². The molecule has 0 saturated heterocycles. The number of methoxy groups -OCH3 is 2. The molecule has 1 aromatic rings. The van der Waals surface area contributed by atoms with Crippen molar-refractivity contribution in [3.63, 3.8) is 0 Å². The normalized spacial score (nSPS) is 14.2. The van der Waals surface area contributed by atoms with Gasteiger partial charge in [0.05, 0.1) is 19.3 Å². The van der Waals surface area contributed by atoms with E-state index in [0.717, 1.165) is 17.9 Å². The molecule has 1 rings (SSSR count). The van der Waals surface area contributed by atoms with Crippen molar-refractivity contribution >= 4 is 0 Å². The Morgan fingerprint density at radius 2 is 1.89 bits per heavy atom. The third kappa shape index (κ3) is 5.49. The van der Waals surface area contributed by atoms with Gasteiger partial charge in [0.25, 0.3) is 0 Å². The van der Waals surface area contributed by atoms with E-state index in [1.807, 2.05) is 31.2 Å². The largest absolute Gasteiger partial charge is 0.497 e. The summed E-state index contributed by atoms with van der Waals surface area (Å²) in [5.41, 5.74) is 0.330. The van der Waals surface area contributed by atoms with Crippen LogP contribution in [0.15, 0.2) is 24.3 Å². The average molecular weight is 253 g/mol. The van der Waals surface area contributed by atoms with Crippen LogP contribution in [0.3, 0.4) is 0 Å². The van der Waals surface area contributed by atoms with Crippen molar-refractivity contribution in [1.29, 1.82) is 0 Å². The molecule has 102 valence electrons. The van der Waals surface area contributed by atoms with Crippen molar-refractivity contribution in [1.82, 2.24) is 5.32 Å². The molecule has 0 aliphatic rings. The van der Waals surface area contributed by atoms with E-state index in [1.165, 1.54) is 0 Å². The van der Waals surface area contributed by atoms with Gasteiger partial charge in [-0.15, -0.1) is 0 Å². The van der Waals surface area contributed by atoms with Crippen molar-refractivity contribution in [2.45, 2.75) is 18.9 Å². The Bertz CT molecular complexity index is 335. The first-order valence-electron chi connectivity index (χ1n) is 6.12. The first kappa shape index (κ1) is 15.0. The Labute approximate surface area is 109 Å². The summed E-state index contributed by atoms with van der Waals surface area (Å²) >= 11 is 0. The maximum atomic E-state index is 10.3. The Morgan fingerprint density at radius 3 is 2.44 bits per heavy atom. The fourth-order valence-corrected chi connectivity index (χ4v) is 1.78. The van der Waals surface area contributed by atoms with Crippen molar-refractivity contribution in [3.8, 4) is 5.75 Å². The molecule has 18 heavy (non-hydrogen) atoms. The van der Waals surface area contributed by atoms with Crippen LogP contribution in [-0.2, 0) is 11.2 Å². The molecule has 0 saturated carbocycles. The molecule has 0 aliphatic heterocycles. The lowest BCUT2D eigenvalue weighted by Crippen LogP contribution is -2.40. The van der Waals surface area contributed by atoms with Crippen molar-refractivity contribution in [2.75, 3.05) is 33.9 Å². The monoisotopic (exact) mass is 253 g/mol. The number of benzene rings is 1. The van der Waals surface area contributed by atoms with Crippen LogP contribution in [0.2, 0.25) is 0 Å². The van der Waals surface area contributed by atoms with Gasteiger partial charge in [0.2, 0.25) is 0 Å². The van der Waals surface area contributed by atoms with Crippen LogP contribution in [-0.4, -0.2) is 44.6 Å². The minimum Gasteiger partial charge on any atom is -0.497 e. The summed E-state index contributed by atoms with van der Waals surface area (Å²) in [7, 11) is 3.31. The summed E-state index contributed by atoms with van der Waals surface area (Å²) in [4.78, 5) is 0. The lowest BCUT2D eigenvalue weighted by molar-refractivity contribution is 0.0581. The van der Waals surface area contributed by atoms with Crippen molar-refractivity contribution in [2.24, 2.45) is 0 Å². The van der Waals surface area contributed by atoms with E-state index < -0.39 is 5.60 Å². The predicted octanol–water partition coefficient (Wildman–Crippen LogP) is 1.22. The molecule has 0 spiro atoms. The zero-order valence-electron chi connectivity index (χ0n) is 11.4. The highest BCUT2D eigenvalue weighted by Crippen LogP contribution is 2.16. The fraction of sp³-hybridized carbons (Fsp3) is 0.571. The number of hydrogen-bond donors (Lipinski definition) is 2. The highest BCUT2D eigenvalue weighted by atomic mass is 16.5. The summed E-state index contributed by atoms with van der Waals surface area (Å²) in [5, 5.41) is 13.4. The van der Waals surface area contributed by atoms with Gasteiger partial charge in [-0.1, -0.05) is 12.1 Å². The molecule has 0 bridgehead atoms. The molecule has 0 fully saturated rings. The second kappa shape index (κ2) is 7.36. The summed E-state index contributed by atoms with van der Waals surface area (Å²) in [6.07, 6.45) is 0.608. The molecule has 1 unspecified atom stereocenters. The summed E-state index contributed by atoms with van der Waals surface area (Å²) in [6.45, 7) is 3.77. The summed E-state index contributed by atoms with van der Waals surface area (Å²) in [6, 6.07) is 7.76. The van der Waals surface area contributed by atoms with Gasteiger partial charge >= 0.3 is 0 Å². The van der Waals surface area contributed by atoms with Crippen LogP contribution in [0.25, 0.3) is 0 Å². The molecule has 0 amide bonds. The van der Waals surface area contributed by atoms with Crippen LogP contribution < -0.4 is 10.1 Å². The smallest absolute Gasteiger partial charge is 0.118 e. The van der Waals surface area contributed by atoms with Gasteiger partial charge < -0.3 is 19.9 Å². The maximum absolute atomic E-state index is 10.3. The molecular formula is C14H23NO3. The topological polar surface area (TPSA) is 50.7 Å². The number of aliphatic hydroxyl groups is 1. The Kier molecular flexibility index (Phi) is 6.12. The van der Waals surface area contributed by atoms with E-state index >= 15 is 0 Å². The first-order chi connectivity index (χ1) is 8.57. The van der Waals surface area contributed by atoms with E-state index in [0.29, 0.717) is 19.6 Å². The molecule has 0 aromatic heterocycles. The first-order valence-corrected chi connectivity index (χ1v) is 6.12. The van der Waals surface area contributed by atoms with Gasteiger partial charge in [0, 0.05) is 26.6 Å². The number of nitrogens with one attached hydrogen (secondary N) is 1. The molecule has 4 nitrogen and oxygen atoms in total. The maximum Gasteiger partial charge on any atom is 0.118 e. The van der Waals surface area contributed by atoms with Crippen LogP contribution >= 0.6 is 0 Å². The molecule has 0 radical (unpaired) electrons. The van der Waals surface area contributed by atoms with E-state index in [-0.39, 0.29) is 0 Å².